The summed E-state index contributed by atoms with van der Waals surface area (Å²) in [6, 6.07) is 16.0. The lowest BCUT2D eigenvalue weighted by molar-refractivity contribution is -0.645. The van der Waals surface area contributed by atoms with Crippen LogP contribution >= 0.6 is 22.6 Å². The van der Waals surface area contributed by atoms with Crippen LogP contribution in [0.2, 0.25) is 0 Å². The van der Waals surface area contributed by atoms with Gasteiger partial charge in [-0.05, 0) is 47.6 Å². The third-order valence-corrected chi connectivity index (χ3v) is 6.98. The molecule has 3 rings (SSSR count). The monoisotopic (exact) mass is 532 g/mol. The first kappa shape index (κ1) is 24.1. The molecule has 0 aliphatic heterocycles. The number of unbranched alkanes of at least 4 members (excludes halogenated alkanes) is 7. The molecule has 168 valence electrons. The van der Waals surface area contributed by atoms with Crippen molar-refractivity contribution in [3.63, 3.8) is 0 Å². The molecular weight excluding hydrogens is 493 g/mol. The van der Waals surface area contributed by atoms with E-state index in [1.165, 1.54) is 89.0 Å². The van der Waals surface area contributed by atoms with E-state index in [1.807, 2.05) is 0 Å². The Labute approximate surface area is 202 Å². The Morgan fingerprint density at radius 2 is 1.06 bits per heavy atom. The summed E-state index contributed by atoms with van der Waals surface area (Å²) in [6.45, 7) is 1.08. The van der Waals surface area contributed by atoms with Crippen molar-refractivity contribution in [2.45, 2.75) is 57.9 Å². The third kappa shape index (κ3) is 6.47. The normalized spacial score (nSPS) is 11.4. The number of rotatable bonds is 12. The van der Waals surface area contributed by atoms with Crippen molar-refractivity contribution in [3.8, 4) is 0 Å². The number of alkyl halides is 1. The Kier molecular flexibility index (Phi) is 9.24. The first-order valence-corrected chi connectivity index (χ1v) is 13.3. The molecule has 0 amide bonds. The number of aryl methyl sites for hydroxylation is 1. The molecule has 0 unspecified atom stereocenters. The number of aromatic nitrogens is 1. The molecule has 0 atom stereocenters. The van der Waals surface area contributed by atoms with E-state index in [0.29, 0.717) is 0 Å². The first-order valence-electron chi connectivity index (χ1n) is 11.8. The number of anilines is 2. The second kappa shape index (κ2) is 11.9. The molecule has 2 aromatic carbocycles. The molecule has 0 bridgehead atoms. The van der Waals surface area contributed by atoms with Crippen molar-refractivity contribution in [3.05, 3.63) is 42.5 Å². The van der Waals surface area contributed by atoms with E-state index in [1.54, 1.807) is 0 Å². The van der Waals surface area contributed by atoms with Gasteiger partial charge in [0.05, 0.1) is 0 Å². The molecule has 0 radical (unpaired) electrons. The maximum absolute atomic E-state index is 2.56. The Morgan fingerprint density at radius 1 is 0.613 bits per heavy atom. The lowest BCUT2D eigenvalue weighted by atomic mass is 10.1. The van der Waals surface area contributed by atoms with Crippen molar-refractivity contribution >= 4 is 55.8 Å². The molecule has 3 nitrogen and oxygen atoms in total. The molecule has 3 aromatic rings. The highest BCUT2D eigenvalue weighted by atomic mass is 127. The molecule has 1 heterocycles. The van der Waals surface area contributed by atoms with Crippen LogP contribution in [0.4, 0.5) is 11.4 Å². The topological polar surface area (TPSA) is 10.4 Å². The quantitative estimate of drug-likeness (QED) is 0.0820. The summed E-state index contributed by atoms with van der Waals surface area (Å²) in [7, 11) is 8.49. The minimum absolute atomic E-state index is 1.08. The highest BCUT2D eigenvalue weighted by Gasteiger charge is 2.17. The fourth-order valence-electron chi connectivity index (χ4n) is 4.30. The van der Waals surface area contributed by atoms with Crippen LogP contribution in [0.5, 0.6) is 0 Å². The Hall–Kier alpha value is -1.56. The molecule has 0 N–H and O–H groups in total. The van der Waals surface area contributed by atoms with E-state index in [0.717, 1.165) is 6.54 Å². The van der Waals surface area contributed by atoms with Crippen LogP contribution in [0.15, 0.2) is 42.5 Å². The van der Waals surface area contributed by atoms with E-state index in [4.69, 9.17) is 0 Å². The van der Waals surface area contributed by atoms with Crippen LogP contribution in [0.3, 0.4) is 0 Å². The zero-order valence-electron chi connectivity index (χ0n) is 19.8. The molecule has 0 saturated carbocycles. The van der Waals surface area contributed by atoms with Gasteiger partial charge in [0.1, 0.15) is 6.54 Å². The number of fused-ring (bicyclic) bond motifs is 2. The Balaban J connectivity index is 1.81. The fourth-order valence-corrected chi connectivity index (χ4v) is 4.83. The SMILES string of the molecule is CN(C)c1ccc2cc3ccc(N(C)C)cc3[n+](CCCCCCCCCCI)c2c1. The summed E-state index contributed by atoms with van der Waals surface area (Å²) in [5.41, 5.74) is 5.20. The smallest absolute Gasteiger partial charge is 0.215 e. The average Bonchev–Trinajstić information content (AvgIpc) is 2.76. The summed E-state index contributed by atoms with van der Waals surface area (Å²) < 4.78 is 3.87. The third-order valence-electron chi connectivity index (χ3n) is 6.22. The van der Waals surface area contributed by atoms with Gasteiger partial charge in [0.2, 0.25) is 11.0 Å². The van der Waals surface area contributed by atoms with E-state index in [-0.39, 0.29) is 0 Å². The zero-order chi connectivity index (χ0) is 22.2. The number of benzene rings is 2. The minimum Gasteiger partial charge on any atom is -0.377 e. The van der Waals surface area contributed by atoms with Gasteiger partial charge in [-0.15, -0.1) is 0 Å². The van der Waals surface area contributed by atoms with Crippen molar-refractivity contribution in [1.29, 1.82) is 0 Å². The van der Waals surface area contributed by atoms with Gasteiger partial charge >= 0.3 is 0 Å². The summed E-state index contributed by atoms with van der Waals surface area (Å²) in [5.74, 6) is 0. The molecular formula is C27H39IN3+. The molecule has 1 aromatic heterocycles. The number of halogens is 1. The van der Waals surface area contributed by atoms with Crippen LogP contribution in [0.1, 0.15) is 51.4 Å². The predicted octanol–water partition coefficient (Wildman–Crippen LogP) is 6.97. The number of hydrogen-bond donors (Lipinski definition) is 0. The van der Waals surface area contributed by atoms with Gasteiger partial charge in [-0.2, -0.15) is 4.57 Å². The molecule has 0 fully saturated rings. The summed E-state index contributed by atoms with van der Waals surface area (Å²) >= 11 is 2.49. The predicted molar refractivity (Wildman–Crippen MR) is 146 cm³/mol. The van der Waals surface area contributed by atoms with Gasteiger partial charge < -0.3 is 9.80 Å². The Morgan fingerprint density at radius 3 is 1.52 bits per heavy atom. The van der Waals surface area contributed by atoms with E-state index in [9.17, 15) is 0 Å². The molecule has 0 saturated heterocycles. The molecule has 31 heavy (non-hydrogen) atoms. The number of pyridine rings is 1. The van der Waals surface area contributed by atoms with Crippen molar-refractivity contribution in [1.82, 2.24) is 0 Å². The molecule has 0 aliphatic rings. The van der Waals surface area contributed by atoms with Crippen LogP contribution in [-0.4, -0.2) is 32.6 Å². The highest BCUT2D eigenvalue weighted by Crippen LogP contribution is 2.25. The summed E-state index contributed by atoms with van der Waals surface area (Å²) in [4.78, 5) is 4.39. The van der Waals surface area contributed by atoms with Crippen molar-refractivity contribution < 1.29 is 4.57 Å². The van der Waals surface area contributed by atoms with Crippen LogP contribution in [0.25, 0.3) is 21.8 Å². The zero-order valence-corrected chi connectivity index (χ0v) is 22.0. The van der Waals surface area contributed by atoms with E-state index in [2.05, 4.69) is 108 Å². The lowest BCUT2D eigenvalue weighted by Gasteiger charge is -2.15. The first-order chi connectivity index (χ1) is 15.0. The van der Waals surface area contributed by atoms with E-state index < -0.39 is 0 Å². The Bertz CT molecular complexity index is 915. The maximum Gasteiger partial charge on any atom is 0.215 e. The van der Waals surface area contributed by atoms with Gasteiger partial charge in [-0.25, -0.2) is 0 Å². The van der Waals surface area contributed by atoms with Gasteiger partial charge in [0.25, 0.3) is 0 Å². The maximum atomic E-state index is 2.56. The molecule has 4 heteroatoms. The largest absolute Gasteiger partial charge is 0.377 e. The highest BCUT2D eigenvalue weighted by molar-refractivity contribution is 14.1. The molecule has 0 spiro atoms. The summed E-state index contributed by atoms with van der Waals surface area (Å²) in [6.07, 6.45) is 10.9. The van der Waals surface area contributed by atoms with Crippen molar-refractivity contribution in [2.24, 2.45) is 0 Å². The fraction of sp³-hybridized carbons (Fsp3) is 0.519. The lowest BCUT2D eigenvalue weighted by Crippen LogP contribution is -2.36. The number of hydrogen-bond acceptors (Lipinski definition) is 2. The second-order valence-corrected chi connectivity index (χ2v) is 10.2. The van der Waals surface area contributed by atoms with Gasteiger partial charge in [0.15, 0.2) is 0 Å². The van der Waals surface area contributed by atoms with Gasteiger partial charge in [-0.3, -0.25) is 0 Å². The van der Waals surface area contributed by atoms with Crippen LogP contribution in [-0.2, 0) is 6.54 Å². The number of nitrogens with zero attached hydrogens (tertiary/aromatic N) is 3. The van der Waals surface area contributed by atoms with Gasteiger partial charge in [-0.1, -0.05) is 54.7 Å². The minimum atomic E-state index is 1.08. The summed E-state index contributed by atoms with van der Waals surface area (Å²) in [5, 5.41) is 2.65. The molecule has 0 aliphatic carbocycles. The van der Waals surface area contributed by atoms with Gasteiger partial charge in [0, 0.05) is 68.9 Å². The average molecular weight is 533 g/mol. The van der Waals surface area contributed by atoms with Crippen LogP contribution in [0, 0.1) is 0 Å². The second-order valence-electron chi connectivity index (χ2n) is 9.09. The van der Waals surface area contributed by atoms with Crippen molar-refractivity contribution in [2.75, 3.05) is 42.4 Å². The standard InChI is InChI=1S/C27H39IN3/c1-29(2)24-15-13-22-19-23-14-16-25(30(3)4)21-27(23)31(26(22)20-24)18-12-10-8-6-5-7-9-11-17-28/h13-16,19-21H,5-12,17-18H2,1-4H3/q+1. The van der Waals surface area contributed by atoms with Crippen LogP contribution < -0.4 is 14.4 Å². The van der Waals surface area contributed by atoms with E-state index >= 15 is 0 Å².